The monoisotopic (exact) mass is 555 g/mol. The third-order valence-corrected chi connectivity index (χ3v) is 7.38. The molecule has 40 heavy (non-hydrogen) atoms. The lowest BCUT2D eigenvalue weighted by Crippen LogP contribution is -2.46. The summed E-state index contributed by atoms with van der Waals surface area (Å²) < 4.78 is 42.1. The molecule has 216 valence electrons. The maximum atomic E-state index is 13.7. The molecule has 0 saturated heterocycles. The quantitative estimate of drug-likeness (QED) is 0.207. The lowest BCUT2D eigenvalue weighted by atomic mass is 10.1. The van der Waals surface area contributed by atoms with E-state index >= 15 is 0 Å². The number of rotatable bonds is 13. The molecule has 0 aliphatic heterocycles. The van der Waals surface area contributed by atoms with Crippen LogP contribution < -0.4 is 0 Å². The summed E-state index contributed by atoms with van der Waals surface area (Å²) in [6.07, 6.45) is 0.589. The van der Waals surface area contributed by atoms with Crippen molar-refractivity contribution in [1.29, 1.82) is 0 Å². The smallest absolute Gasteiger partial charge is 0.345 e. The van der Waals surface area contributed by atoms with Gasteiger partial charge >= 0.3 is 6.18 Å². The van der Waals surface area contributed by atoms with Crippen LogP contribution in [0.25, 0.3) is 0 Å². The van der Waals surface area contributed by atoms with Gasteiger partial charge in [0.25, 0.3) is 5.91 Å². The van der Waals surface area contributed by atoms with Gasteiger partial charge in [-0.25, -0.2) is 0 Å². The molecule has 2 aromatic carbocycles. The molecule has 0 bridgehead atoms. The summed E-state index contributed by atoms with van der Waals surface area (Å²) in [7, 11) is 0. The van der Waals surface area contributed by atoms with E-state index in [1.807, 2.05) is 51.2 Å². The Morgan fingerprint density at radius 3 is 2.40 bits per heavy atom. The van der Waals surface area contributed by atoms with E-state index in [0.29, 0.717) is 26.1 Å². The number of alkyl halides is 3. The fourth-order valence-electron chi connectivity index (χ4n) is 4.67. The number of aromatic nitrogens is 1. The zero-order valence-corrected chi connectivity index (χ0v) is 23.9. The predicted octanol–water partition coefficient (Wildman–Crippen LogP) is 7.32. The first-order valence-electron chi connectivity index (χ1n) is 14.0. The van der Waals surface area contributed by atoms with Gasteiger partial charge in [-0.1, -0.05) is 57.0 Å². The second-order valence-corrected chi connectivity index (χ2v) is 10.3. The van der Waals surface area contributed by atoms with Gasteiger partial charge in [0.15, 0.2) is 0 Å². The molecule has 8 heteroatoms. The molecule has 0 N–H and O–H groups in total. The Kier molecular flexibility index (Phi) is 11.0. The minimum atomic E-state index is -4.56. The zero-order valence-electron chi connectivity index (χ0n) is 23.9. The highest BCUT2D eigenvalue weighted by Gasteiger charge is 2.32. The SMILES string of the molecule is CCCCCN(CC(=O)N(Cc1cccn1Cc1ccccc1C)[C@H](C)CC)C(=O)c1cccc(C(F)(F)F)c1. The second kappa shape index (κ2) is 14.2. The first kappa shape index (κ1) is 31.0. The molecule has 0 unspecified atom stereocenters. The fraction of sp³-hybridized carbons (Fsp3) is 0.438. The number of nitrogens with zero attached hydrogens (tertiary/aromatic N) is 3. The molecule has 2 amide bonds. The number of hydrogen-bond acceptors (Lipinski definition) is 2. The van der Waals surface area contributed by atoms with Crippen LogP contribution >= 0.6 is 0 Å². The van der Waals surface area contributed by atoms with E-state index in [9.17, 15) is 22.8 Å². The summed E-state index contributed by atoms with van der Waals surface area (Å²) in [4.78, 5) is 30.3. The van der Waals surface area contributed by atoms with Crippen molar-refractivity contribution < 1.29 is 22.8 Å². The summed E-state index contributed by atoms with van der Waals surface area (Å²) in [6.45, 7) is 9.23. The normalized spacial score (nSPS) is 12.3. The van der Waals surface area contributed by atoms with Crippen molar-refractivity contribution in [2.45, 2.75) is 78.7 Å². The minimum Gasteiger partial charge on any atom is -0.345 e. The summed E-state index contributed by atoms with van der Waals surface area (Å²) in [5.41, 5.74) is 2.40. The maximum absolute atomic E-state index is 13.7. The van der Waals surface area contributed by atoms with Crippen molar-refractivity contribution in [3.05, 3.63) is 94.8 Å². The molecular weight excluding hydrogens is 515 g/mol. The van der Waals surface area contributed by atoms with Crippen molar-refractivity contribution in [2.24, 2.45) is 0 Å². The second-order valence-electron chi connectivity index (χ2n) is 10.3. The van der Waals surface area contributed by atoms with E-state index in [1.54, 1.807) is 4.90 Å². The molecule has 0 radical (unpaired) electrons. The summed E-state index contributed by atoms with van der Waals surface area (Å²) in [5, 5.41) is 0. The molecule has 0 fully saturated rings. The van der Waals surface area contributed by atoms with Crippen LogP contribution in [0.3, 0.4) is 0 Å². The minimum absolute atomic E-state index is 0.0682. The van der Waals surface area contributed by atoms with Crippen LogP contribution in [0.4, 0.5) is 13.2 Å². The van der Waals surface area contributed by atoms with Gasteiger partial charge in [-0.05, 0) is 68.1 Å². The average molecular weight is 556 g/mol. The Hall–Kier alpha value is -3.55. The number of unbranched alkanes of at least 4 members (excludes halogenated alkanes) is 2. The van der Waals surface area contributed by atoms with Crippen LogP contribution in [0.1, 0.15) is 79.2 Å². The molecule has 0 spiro atoms. The van der Waals surface area contributed by atoms with Crippen LogP contribution in [-0.4, -0.2) is 45.3 Å². The van der Waals surface area contributed by atoms with Gasteiger partial charge in [0.05, 0.1) is 12.1 Å². The molecule has 1 atom stereocenters. The number of aryl methyl sites for hydroxylation is 1. The molecule has 3 rings (SSSR count). The van der Waals surface area contributed by atoms with E-state index in [0.717, 1.165) is 37.1 Å². The number of benzene rings is 2. The number of hydrogen-bond donors (Lipinski definition) is 0. The Morgan fingerprint density at radius 2 is 1.73 bits per heavy atom. The first-order chi connectivity index (χ1) is 19.0. The number of carbonyl (C=O) groups excluding carboxylic acids is 2. The molecule has 0 aliphatic rings. The third-order valence-electron chi connectivity index (χ3n) is 7.38. The molecule has 5 nitrogen and oxygen atoms in total. The van der Waals surface area contributed by atoms with Crippen molar-refractivity contribution >= 4 is 11.8 Å². The standard InChI is InChI=1S/C32H40F3N3O2/c1-5-7-10-18-37(31(40)26-15-11-16-28(20-26)32(33,34)35)23-30(39)38(25(4)6-2)22-29-17-12-19-36(29)21-27-14-9-8-13-24(27)3/h8-9,11-17,19-20,25H,5-7,10,18,21-23H2,1-4H3/t25-/m1/s1. The highest BCUT2D eigenvalue weighted by molar-refractivity contribution is 5.96. The Balaban J connectivity index is 1.83. The lowest BCUT2D eigenvalue weighted by Gasteiger charge is -2.32. The molecule has 1 heterocycles. The maximum Gasteiger partial charge on any atom is 0.416 e. The van der Waals surface area contributed by atoms with E-state index < -0.39 is 17.6 Å². The van der Waals surface area contributed by atoms with E-state index in [2.05, 4.69) is 23.6 Å². The number of carbonyl (C=O) groups is 2. The van der Waals surface area contributed by atoms with E-state index in [1.165, 1.54) is 28.2 Å². The van der Waals surface area contributed by atoms with Crippen LogP contribution in [-0.2, 0) is 24.1 Å². The molecule has 1 aromatic heterocycles. The number of amides is 2. The molecule has 0 saturated carbocycles. The van der Waals surface area contributed by atoms with Gasteiger partial charge in [-0.2, -0.15) is 13.2 Å². The van der Waals surface area contributed by atoms with Crippen LogP contribution in [0, 0.1) is 6.92 Å². The Morgan fingerprint density at radius 1 is 0.975 bits per heavy atom. The summed E-state index contributed by atoms with van der Waals surface area (Å²) in [6, 6.07) is 16.5. The van der Waals surface area contributed by atoms with Gasteiger partial charge in [-0.3, -0.25) is 9.59 Å². The fourth-order valence-corrected chi connectivity index (χ4v) is 4.67. The first-order valence-corrected chi connectivity index (χ1v) is 14.0. The summed E-state index contributed by atoms with van der Waals surface area (Å²) in [5.74, 6) is -0.794. The van der Waals surface area contributed by atoms with Crippen molar-refractivity contribution in [3.63, 3.8) is 0 Å². The van der Waals surface area contributed by atoms with Crippen LogP contribution in [0.2, 0.25) is 0 Å². The molecular formula is C32H40F3N3O2. The van der Waals surface area contributed by atoms with Crippen molar-refractivity contribution in [1.82, 2.24) is 14.4 Å². The topological polar surface area (TPSA) is 45.6 Å². The van der Waals surface area contributed by atoms with Gasteiger partial charge in [-0.15, -0.1) is 0 Å². The van der Waals surface area contributed by atoms with Gasteiger partial charge in [0, 0.05) is 36.6 Å². The largest absolute Gasteiger partial charge is 0.416 e. The third kappa shape index (κ3) is 8.23. The zero-order chi connectivity index (χ0) is 29.3. The van der Waals surface area contributed by atoms with Crippen LogP contribution in [0.15, 0.2) is 66.9 Å². The summed E-state index contributed by atoms with van der Waals surface area (Å²) >= 11 is 0. The van der Waals surface area contributed by atoms with Crippen molar-refractivity contribution in [3.8, 4) is 0 Å². The van der Waals surface area contributed by atoms with Gasteiger partial charge in [0.2, 0.25) is 5.91 Å². The number of halogens is 3. The highest BCUT2D eigenvalue weighted by atomic mass is 19.4. The Bertz CT molecular complexity index is 1270. The average Bonchev–Trinajstić information content (AvgIpc) is 3.37. The van der Waals surface area contributed by atoms with Gasteiger partial charge in [0.1, 0.15) is 6.54 Å². The van der Waals surface area contributed by atoms with Crippen LogP contribution in [0.5, 0.6) is 0 Å². The Labute approximate surface area is 235 Å². The highest BCUT2D eigenvalue weighted by Crippen LogP contribution is 2.30. The molecule has 0 aliphatic carbocycles. The van der Waals surface area contributed by atoms with E-state index in [-0.39, 0.29) is 24.1 Å². The van der Waals surface area contributed by atoms with Crippen molar-refractivity contribution in [2.75, 3.05) is 13.1 Å². The predicted molar refractivity (Wildman–Crippen MR) is 152 cm³/mol. The lowest BCUT2D eigenvalue weighted by molar-refractivity contribution is -0.137. The molecule has 3 aromatic rings. The van der Waals surface area contributed by atoms with Gasteiger partial charge < -0.3 is 14.4 Å². The van der Waals surface area contributed by atoms with E-state index in [4.69, 9.17) is 0 Å².